The third-order valence-electron chi connectivity index (χ3n) is 4.17. The van der Waals surface area contributed by atoms with Gasteiger partial charge in [0.05, 0.1) is 11.1 Å². The van der Waals surface area contributed by atoms with E-state index in [9.17, 15) is 4.79 Å². The maximum absolute atomic E-state index is 12.2. The topological polar surface area (TPSA) is 68.0 Å². The van der Waals surface area contributed by atoms with Crippen molar-refractivity contribution >= 4 is 5.91 Å². The predicted molar refractivity (Wildman–Crippen MR) is 102 cm³/mol. The minimum Gasteiger partial charge on any atom is -0.352 e. The number of hydrogen-bond acceptors (Lipinski definition) is 4. The molecule has 1 heterocycles. The van der Waals surface area contributed by atoms with E-state index in [1.165, 1.54) is 5.56 Å². The van der Waals surface area contributed by atoms with Crippen molar-refractivity contribution in [3.8, 4) is 22.8 Å². The molecule has 0 radical (unpaired) electrons. The lowest BCUT2D eigenvalue weighted by Crippen LogP contribution is -2.23. The first kappa shape index (κ1) is 17.9. The standard InChI is InChI=1S/C21H23N3O2/c1-5-22-19(25)16-8-6-7-9-17(16)20-23-18(24-26-20)14-10-12-15(13-11-14)21(2,3)4/h6-13H,5H2,1-4H3,(H,22,25). The monoisotopic (exact) mass is 349 g/mol. The average Bonchev–Trinajstić information content (AvgIpc) is 3.11. The van der Waals surface area contributed by atoms with Crippen LogP contribution in [0.5, 0.6) is 0 Å². The fourth-order valence-electron chi connectivity index (χ4n) is 2.69. The summed E-state index contributed by atoms with van der Waals surface area (Å²) in [5.41, 5.74) is 3.36. The molecule has 0 unspecified atom stereocenters. The van der Waals surface area contributed by atoms with Gasteiger partial charge in [0.2, 0.25) is 5.82 Å². The Kier molecular flexibility index (Phi) is 4.89. The number of rotatable bonds is 4. The molecule has 0 bridgehead atoms. The van der Waals surface area contributed by atoms with Crippen molar-refractivity contribution in [2.24, 2.45) is 0 Å². The Morgan fingerprint density at radius 2 is 1.77 bits per heavy atom. The van der Waals surface area contributed by atoms with Gasteiger partial charge in [0.1, 0.15) is 0 Å². The smallest absolute Gasteiger partial charge is 0.259 e. The molecule has 2 aromatic carbocycles. The molecular weight excluding hydrogens is 326 g/mol. The highest BCUT2D eigenvalue weighted by molar-refractivity contribution is 5.99. The molecule has 0 atom stereocenters. The normalized spacial score (nSPS) is 11.4. The molecule has 0 spiro atoms. The van der Waals surface area contributed by atoms with Crippen LogP contribution in [0.4, 0.5) is 0 Å². The number of carbonyl (C=O) groups is 1. The van der Waals surface area contributed by atoms with Crippen molar-refractivity contribution in [1.82, 2.24) is 15.5 Å². The number of hydrogen-bond donors (Lipinski definition) is 1. The van der Waals surface area contributed by atoms with E-state index in [1.54, 1.807) is 6.07 Å². The van der Waals surface area contributed by atoms with Crippen molar-refractivity contribution in [1.29, 1.82) is 0 Å². The Morgan fingerprint density at radius 3 is 2.42 bits per heavy atom. The van der Waals surface area contributed by atoms with Crippen molar-refractivity contribution in [2.75, 3.05) is 6.54 Å². The van der Waals surface area contributed by atoms with Crippen molar-refractivity contribution < 1.29 is 9.32 Å². The van der Waals surface area contributed by atoms with E-state index in [0.717, 1.165) is 5.56 Å². The molecule has 1 N–H and O–H groups in total. The summed E-state index contributed by atoms with van der Waals surface area (Å²) in [6.07, 6.45) is 0. The summed E-state index contributed by atoms with van der Waals surface area (Å²) in [6.45, 7) is 8.96. The Morgan fingerprint density at radius 1 is 1.08 bits per heavy atom. The number of amides is 1. The largest absolute Gasteiger partial charge is 0.352 e. The van der Waals surface area contributed by atoms with Gasteiger partial charge in [0.15, 0.2) is 0 Å². The molecule has 0 saturated carbocycles. The van der Waals surface area contributed by atoms with Gasteiger partial charge >= 0.3 is 0 Å². The molecule has 0 fully saturated rings. The average molecular weight is 349 g/mol. The van der Waals surface area contributed by atoms with Gasteiger partial charge in [-0.1, -0.05) is 62.3 Å². The second kappa shape index (κ2) is 7.12. The SMILES string of the molecule is CCNC(=O)c1ccccc1-c1nc(-c2ccc(C(C)(C)C)cc2)no1. The number of nitrogens with zero attached hydrogens (tertiary/aromatic N) is 2. The summed E-state index contributed by atoms with van der Waals surface area (Å²) in [5.74, 6) is 0.685. The molecule has 3 rings (SSSR count). The van der Waals surface area contributed by atoms with Crippen LogP contribution in [0, 0.1) is 0 Å². The number of aromatic nitrogens is 2. The summed E-state index contributed by atoms with van der Waals surface area (Å²) < 4.78 is 5.43. The maximum atomic E-state index is 12.2. The van der Waals surface area contributed by atoms with Gasteiger partial charge in [0.25, 0.3) is 11.8 Å². The Hall–Kier alpha value is -2.95. The third-order valence-corrected chi connectivity index (χ3v) is 4.17. The van der Waals surface area contributed by atoms with Gasteiger partial charge in [-0.05, 0) is 30.0 Å². The first-order chi connectivity index (χ1) is 12.4. The van der Waals surface area contributed by atoms with Crippen LogP contribution in [0.2, 0.25) is 0 Å². The minimum atomic E-state index is -0.155. The lowest BCUT2D eigenvalue weighted by atomic mass is 9.87. The summed E-state index contributed by atoms with van der Waals surface area (Å²) >= 11 is 0. The molecule has 1 amide bonds. The lowest BCUT2D eigenvalue weighted by Gasteiger charge is -2.18. The Bertz CT molecular complexity index is 906. The minimum absolute atomic E-state index is 0.0898. The highest BCUT2D eigenvalue weighted by Crippen LogP contribution is 2.27. The van der Waals surface area contributed by atoms with E-state index in [4.69, 9.17) is 4.52 Å². The fraction of sp³-hybridized carbons (Fsp3) is 0.286. The Labute approximate surface area is 153 Å². The van der Waals surface area contributed by atoms with Gasteiger partial charge in [-0.2, -0.15) is 4.98 Å². The van der Waals surface area contributed by atoms with Crippen LogP contribution in [0.3, 0.4) is 0 Å². The lowest BCUT2D eigenvalue weighted by molar-refractivity contribution is 0.0956. The van der Waals surface area contributed by atoms with E-state index in [2.05, 4.69) is 48.4 Å². The van der Waals surface area contributed by atoms with Gasteiger partial charge < -0.3 is 9.84 Å². The second-order valence-corrected chi connectivity index (χ2v) is 7.16. The van der Waals surface area contributed by atoms with Crippen LogP contribution >= 0.6 is 0 Å². The van der Waals surface area contributed by atoms with Gasteiger partial charge in [-0.25, -0.2) is 0 Å². The zero-order chi connectivity index (χ0) is 18.7. The molecule has 134 valence electrons. The quantitative estimate of drug-likeness (QED) is 0.755. The molecule has 26 heavy (non-hydrogen) atoms. The first-order valence-corrected chi connectivity index (χ1v) is 8.72. The molecular formula is C21H23N3O2. The zero-order valence-electron chi connectivity index (χ0n) is 15.5. The molecule has 0 saturated heterocycles. The molecule has 0 aliphatic heterocycles. The highest BCUT2D eigenvalue weighted by atomic mass is 16.5. The van der Waals surface area contributed by atoms with E-state index in [1.807, 2.05) is 37.3 Å². The predicted octanol–water partition coefficient (Wildman–Crippen LogP) is 4.45. The maximum Gasteiger partial charge on any atom is 0.259 e. The molecule has 5 heteroatoms. The van der Waals surface area contributed by atoms with Crippen molar-refractivity contribution in [3.05, 3.63) is 59.7 Å². The Balaban J connectivity index is 1.93. The van der Waals surface area contributed by atoms with E-state index >= 15 is 0 Å². The van der Waals surface area contributed by atoms with Crippen molar-refractivity contribution in [2.45, 2.75) is 33.1 Å². The molecule has 0 aliphatic rings. The fourth-order valence-corrected chi connectivity index (χ4v) is 2.69. The van der Waals surface area contributed by atoms with Gasteiger partial charge in [-0.3, -0.25) is 4.79 Å². The molecule has 3 aromatic rings. The van der Waals surface area contributed by atoms with E-state index in [0.29, 0.717) is 29.4 Å². The van der Waals surface area contributed by atoms with E-state index in [-0.39, 0.29) is 11.3 Å². The second-order valence-electron chi connectivity index (χ2n) is 7.16. The van der Waals surface area contributed by atoms with Crippen molar-refractivity contribution in [3.63, 3.8) is 0 Å². The van der Waals surface area contributed by atoms with Gasteiger partial charge in [-0.15, -0.1) is 0 Å². The van der Waals surface area contributed by atoms with Crippen LogP contribution in [-0.2, 0) is 5.41 Å². The number of carbonyl (C=O) groups excluding carboxylic acids is 1. The van der Waals surface area contributed by atoms with Crippen LogP contribution in [-0.4, -0.2) is 22.6 Å². The van der Waals surface area contributed by atoms with Crippen LogP contribution in [0.15, 0.2) is 53.1 Å². The summed E-state index contributed by atoms with van der Waals surface area (Å²) in [6, 6.07) is 15.4. The zero-order valence-corrected chi connectivity index (χ0v) is 15.5. The summed E-state index contributed by atoms with van der Waals surface area (Å²) in [7, 11) is 0. The third kappa shape index (κ3) is 3.67. The number of benzene rings is 2. The van der Waals surface area contributed by atoms with Crippen LogP contribution in [0.25, 0.3) is 22.8 Å². The van der Waals surface area contributed by atoms with E-state index < -0.39 is 0 Å². The van der Waals surface area contributed by atoms with Crippen LogP contribution < -0.4 is 5.32 Å². The van der Waals surface area contributed by atoms with Crippen LogP contribution in [0.1, 0.15) is 43.6 Å². The number of nitrogens with one attached hydrogen (secondary N) is 1. The molecule has 5 nitrogen and oxygen atoms in total. The van der Waals surface area contributed by atoms with Gasteiger partial charge in [0, 0.05) is 12.1 Å². The summed E-state index contributed by atoms with van der Waals surface area (Å²) in [5, 5.41) is 6.89. The summed E-state index contributed by atoms with van der Waals surface area (Å²) in [4.78, 5) is 16.7. The first-order valence-electron chi connectivity index (χ1n) is 8.72. The molecule has 0 aliphatic carbocycles. The highest BCUT2D eigenvalue weighted by Gasteiger charge is 2.18. The molecule has 1 aromatic heterocycles.